The highest BCUT2D eigenvalue weighted by Crippen LogP contribution is 2.13. The topological polar surface area (TPSA) is 50.7 Å². The maximum Gasteiger partial charge on any atom is 0.230 e. The molecule has 0 amide bonds. The number of benzene rings is 1. The first-order valence-electron chi connectivity index (χ1n) is 4.99. The van der Waals surface area contributed by atoms with E-state index in [-0.39, 0.29) is 11.8 Å². The normalized spacial score (nSPS) is 10.2. The van der Waals surface area contributed by atoms with Crippen LogP contribution in [-0.4, -0.2) is 15.0 Å². The summed E-state index contributed by atoms with van der Waals surface area (Å²) in [6.07, 6.45) is 0. The number of para-hydroxylation sites is 1. The number of rotatable bonds is 4. The lowest BCUT2D eigenvalue weighted by atomic mass is 10.3. The van der Waals surface area contributed by atoms with Crippen LogP contribution < -0.4 is 5.32 Å². The highest BCUT2D eigenvalue weighted by Gasteiger charge is 2.05. The smallest absolute Gasteiger partial charge is 0.230 e. The zero-order valence-corrected chi connectivity index (χ0v) is 10.4. The molecule has 1 aromatic carbocycles. The van der Waals surface area contributed by atoms with Gasteiger partial charge in [-0.3, -0.25) is 0 Å². The van der Waals surface area contributed by atoms with Crippen LogP contribution in [0.25, 0.3) is 0 Å². The van der Waals surface area contributed by atoms with Crippen molar-refractivity contribution in [1.29, 1.82) is 0 Å². The van der Waals surface area contributed by atoms with Gasteiger partial charge in [0.1, 0.15) is 11.6 Å². The first-order valence-corrected chi connectivity index (χ1v) is 6.06. The fourth-order valence-corrected chi connectivity index (χ4v) is 1.53. The molecular formula is C11H10Cl2N4. The Balaban J connectivity index is 2.26. The Hall–Kier alpha value is -1.39. The Labute approximate surface area is 109 Å². The van der Waals surface area contributed by atoms with Crippen LogP contribution >= 0.6 is 23.2 Å². The fourth-order valence-electron chi connectivity index (χ4n) is 1.29. The molecule has 1 N–H and O–H groups in total. The third-order valence-electron chi connectivity index (χ3n) is 2.00. The van der Waals surface area contributed by atoms with Crippen molar-refractivity contribution in [3.8, 4) is 0 Å². The number of alkyl halides is 2. The predicted octanol–water partition coefficient (Wildman–Crippen LogP) is 3.09. The van der Waals surface area contributed by atoms with Gasteiger partial charge < -0.3 is 5.32 Å². The largest absolute Gasteiger partial charge is 0.324 e. The van der Waals surface area contributed by atoms with E-state index in [1.54, 1.807) is 0 Å². The van der Waals surface area contributed by atoms with Crippen LogP contribution in [0.1, 0.15) is 11.6 Å². The Morgan fingerprint density at radius 1 is 0.882 bits per heavy atom. The van der Waals surface area contributed by atoms with Crippen LogP contribution in [0.4, 0.5) is 11.6 Å². The van der Waals surface area contributed by atoms with Crippen molar-refractivity contribution in [3.63, 3.8) is 0 Å². The number of nitrogens with one attached hydrogen (secondary N) is 1. The van der Waals surface area contributed by atoms with Crippen LogP contribution in [0.2, 0.25) is 0 Å². The Kier molecular flexibility index (Phi) is 4.12. The minimum absolute atomic E-state index is 0.232. The Morgan fingerprint density at radius 2 is 1.47 bits per heavy atom. The van der Waals surface area contributed by atoms with Gasteiger partial charge in [0, 0.05) is 5.69 Å². The highest BCUT2D eigenvalue weighted by atomic mass is 35.5. The quantitative estimate of drug-likeness (QED) is 0.866. The predicted molar refractivity (Wildman–Crippen MR) is 68.7 cm³/mol. The van der Waals surface area contributed by atoms with Crippen LogP contribution in [0.15, 0.2) is 30.3 Å². The molecule has 0 saturated heterocycles. The van der Waals surface area contributed by atoms with Crippen LogP contribution in [0, 0.1) is 0 Å². The molecule has 88 valence electrons. The monoisotopic (exact) mass is 268 g/mol. The van der Waals surface area contributed by atoms with Gasteiger partial charge in [0.05, 0.1) is 11.8 Å². The van der Waals surface area contributed by atoms with Gasteiger partial charge in [0.15, 0.2) is 0 Å². The van der Waals surface area contributed by atoms with E-state index in [1.165, 1.54) is 0 Å². The summed E-state index contributed by atoms with van der Waals surface area (Å²) in [5.41, 5.74) is 0.903. The summed E-state index contributed by atoms with van der Waals surface area (Å²) in [7, 11) is 0. The lowest BCUT2D eigenvalue weighted by Crippen LogP contribution is -2.05. The van der Waals surface area contributed by atoms with Gasteiger partial charge in [-0.1, -0.05) is 18.2 Å². The second kappa shape index (κ2) is 5.80. The molecule has 1 heterocycles. The molecule has 0 saturated carbocycles. The number of hydrogen-bond donors (Lipinski definition) is 1. The van der Waals surface area contributed by atoms with Gasteiger partial charge in [-0.15, -0.1) is 23.2 Å². The standard InChI is InChI=1S/C11H10Cl2N4/c12-6-9-15-10(7-13)17-11(16-9)14-8-4-2-1-3-5-8/h1-5H,6-7H2,(H,14,15,16,17). The van der Waals surface area contributed by atoms with E-state index in [0.29, 0.717) is 17.6 Å². The van der Waals surface area contributed by atoms with Crippen molar-refractivity contribution in [2.24, 2.45) is 0 Å². The van der Waals surface area contributed by atoms with Crippen molar-refractivity contribution < 1.29 is 0 Å². The molecule has 4 nitrogen and oxygen atoms in total. The summed E-state index contributed by atoms with van der Waals surface area (Å²) in [5.74, 6) is 1.94. The number of hydrogen-bond acceptors (Lipinski definition) is 4. The molecule has 0 fully saturated rings. The molecule has 6 heteroatoms. The molecule has 17 heavy (non-hydrogen) atoms. The first kappa shape index (κ1) is 12.1. The third kappa shape index (κ3) is 3.28. The molecule has 2 aromatic rings. The van der Waals surface area contributed by atoms with Gasteiger partial charge in [0.25, 0.3) is 0 Å². The van der Waals surface area contributed by atoms with Crippen LogP contribution in [0.5, 0.6) is 0 Å². The van der Waals surface area contributed by atoms with Gasteiger partial charge >= 0.3 is 0 Å². The maximum atomic E-state index is 5.71. The van der Waals surface area contributed by atoms with E-state index < -0.39 is 0 Å². The van der Waals surface area contributed by atoms with Crippen molar-refractivity contribution in [3.05, 3.63) is 42.0 Å². The van der Waals surface area contributed by atoms with E-state index in [2.05, 4.69) is 20.3 Å². The van der Waals surface area contributed by atoms with E-state index in [9.17, 15) is 0 Å². The summed E-state index contributed by atoms with van der Waals surface area (Å²) in [5, 5.41) is 3.07. The minimum atomic E-state index is 0.232. The molecule has 0 radical (unpaired) electrons. The number of halogens is 2. The average molecular weight is 269 g/mol. The SMILES string of the molecule is ClCc1nc(CCl)nc(Nc2ccccc2)n1. The summed E-state index contributed by atoms with van der Waals surface area (Å²) < 4.78 is 0. The molecule has 2 rings (SSSR count). The molecule has 0 atom stereocenters. The van der Waals surface area contributed by atoms with Crippen molar-refractivity contribution in [2.45, 2.75) is 11.8 Å². The fraction of sp³-hybridized carbons (Fsp3) is 0.182. The van der Waals surface area contributed by atoms with Gasteiger partial charge in [-0.25, -0.2) is 4.98 Å². The Bertz CT molecular complexity index is 468. The van der Waals surface area contributed by atoms with Gasteiger partial charge in [-0.05, 0) is 12.1 Å². The molecule has 0 bridgehead atoms. The summed E-state index contributed by atoms with van der Waals surface area (Å²) >= 11 is 11.4. The van der Waals surface area contributed by atoms with E-state index in [4.69, 9.17) is 23.2 Å². The van der Waals surface area contributed by atoms with Crippen molar-refractivity contribution >= 4 is 34.8 Å². The number of anilines is 2. The van der Waals surface area contributed by atoms with Gasteiger partial charge in [0.2, 0.25) is 5.95 Å². The molecule has 0 spiro atoms. The second-order valence-electron chi connectivity index (χ2n) is 3.25. The highest BCUT2D eigenvalue weighted by molar-refractivity contribution is 6.17. The third-order valence-corrected chi connectivity index (χ3v) is 2.48. The lowest BCUT2D eigenvalue weighted by molar-refractivity contribution is 0.906. The molecule has 1 aromatic heterocycles. The molecule has 0 aliphatic rings. The Morgan fingerprint density at radius 3 is 2.00 bits per heavy atom. The molecule has 0 aliphatic carbocycles. The summed E-state index contributed by atoms with van der Waals surface area (Å²) in [6, 6.07) is 9.63. The van der Waals surface area contributed by atoms with E-state index in [1.807, 2.05) is 30.3 Å². The number of aromatic nitrogens is 3. The van der Waals surface area contributed by atoms with Crippen molar-refractivity contribution in [1.82, 2.24) is 15.0 Å². The van der Waals surface area contributed by atoms with Gasteiger partial charge in [-0.2, -0.15) is 9.97 Å². The first-order chi connectivity index (χ1) is 8.31. The van der Waals surface area contributed by atoms with Crippen LogP contribution in [-0.2, 0) is 11.8 Å². The zero-order chi connectivity index (χ0) is 12.1. The molecule has 0 unspecified atom stereocenters. The lowest BCUT2D eigenvalue weighted by Gasteiger charge is -2.06. The van der Waals surface area contributed by atoms with E-state index >= 15 is 0 Å². The zero-order valence-electron chi connectivity index (χ0n) is 8.90. The summed E-state index contributed by atoms with van der Waals surface area (Å²) in [4.78, 5) is 12.4. The minimum Gasteiger partial charge on any atom is -0.324 e. The van der Waals surface area contributed by atoms with Crippen molar-refractivity contribution in [2.75, 3.05) is 5.32 Å². The van der Waals surface area contributed by atoms with Crippen LogP contribution in [0.3, 0.4) is 0 Å². The second-order valence-corrected chi connectivity index (χ2v) is 3.78. The summed E-state index contributed by atoms with van der Waals surface area (Å²) in [6.45, 7) is 0. The maximum absolute atomic E-state index is 5.71. The molecule has 0 aliphatic heterocycles. The molecular weight excluding hydrogens is 259 g/mol. The average Bonchev–Trinajstić information content (AvgIpc) is 2.39. The number of nitrogens with zero attached hydrogens (tertiary/aromatic N) is 3. The van der Waals surface area contributed by atoms with E-state index in [0.717, 1.165) is 5.69 Å².